The fraction of sp³-hybridized carbons (Fsp3) is 1.00. The molecule has 0 unspecified atom stereocenters. The Morgan fingerprint density at radius 2 is 1.73 bits per heavy atom. The van der Waals surface area contributed by atoms with Crippen molar-refractivity contribution in [2.75, 3.05) is 0 Å². The zero-order valence-corrected chi connectivity index (χ0v) is 7.56. The van der Waals surface area contributed by atoms with E-state index in [1.54, 1.807) is 0 Å². The lowest BCUT2D eigenvalue weighted by atomic mass is 9.56. The number of hydrogen-bond donors (Lipinski definition) is 1. The van der Waals surface area contributed by atoms with Crippen LogP contribution in [0.5, 0.6) is 0 Å². The zero-order chi connectivity index (χ0) is 8.11. The Kier molecular flexibility index (Phi) is 1.39. The van der Waals surface area contributed by atoms with Crippen LogP contribution >= 0.6 is 0 Å². The molecular formula is C10H18O. The second-order valence-electron chi connectivity index (χ2n) is 5.16. The van der Waals surface area contributed by atoms with Gasteiger partial charge in [-0.3, -0.25) is 0 Å². The van der Waals surface area contributed by atoms with Gasteiger partial charge in [0.15, 0.2) is 0 Å². The van der Waals surface area contributed by atoms with Crippen molar-refractivity contribution in [2.45, 2.75) is 51.6 Å². The van der Waals surface area contributed by atoms with Crippen molar-refractivity contribution in [3.8, 4) is 0 Å². The molecule has 64 valence electrons. The predicted octanol–water partition coefficient (Wildman–Crippen LogP) is 2.34. The van der Waals surface area contributed by atoms with E-state index < -0.39 is 0 Å². The van der Waals surface area contributed by atoms with E-state index in [4.69, 9.17) is 0 Å². The third-order valence-electron chi connectivity index (χ3n) is 3.81. The lowest BCUT2D eigenvalue weighted by Crippen LogP contribution is -2.48. The highest BCUT2D eigenvalue weighted by Crippen LogP contribution is 2.53. The van der Waals surface area contributed by atoms with Gasteiger partial charge in [-0.05, 0) is 43.4 Å². The molecule has 0 amide bonds. The first-order valence-electron chi connectivity index (χ1n) is 4.74. The number of rotatable bonds is 0. The van der Waals surface area contributed by atoms with E-state index in [9.17, 15) is 5.11 Å². The summed E-state index contributed by atoms with van der Waals surface area (Å²) in [5.74, 6) is 0.886. The van der Waals surface area contributed by atoms with Crippen molar-refractivity contribution in [1.29, 1.82) is 0 Å². The van der Waals surface area contributed by atoms with Gasteiger partial charge >= 0.3 is 0 Å². The van der Waals surface area contributed by atoms with Gasteiger partial charge in [0.2, 0.25) is 0 Å². The molecule has 0 aromatic rings. The molecule has 0 aliphatic heterocycles. The van der Waals surface area contributed by atoms with Crippen LogP contribution in [0.2, 0.25) is 0 Å². The van der Waals surface area contributed by atoms with Crippen molar-refractivity contribution < 1.29 is 5.11 Å². The summed E-state index contributed by atoms with van der Waals surface area (Å²) in [6.07, 6.45) is 5.65. The van der Waals surface area contributed by atoms with Crippen molar-refractivity contribution in [3.63, 3.8) is 0 Å². The van der Waals surface area contributed by atoms with Crippen LogP contribution in [0.1, 0.15) is 46.0 Å². The van der Waals surface area contributed by atoms with Crippen LogP contribution in [-0.4, -0.2) is 10.7 Å². The molecule has 0 atom stereocenters. The van der Waals surface area contributed by atoms with Crippen LogP contribution in [-0.2, 0) is 0 Å². The third kappa shape index (κ3) is 1.10. The van der Waals surface area contributed by atoms with Crippen LogP contribution in [0.4, 0.5) is 0 Å². The maximum atomic E-state index is 10.1. The van der Waals surface area contributed by atoms with Crippen molar-refractivity contribution in [1.82, 2.24) is 0 Å². The van der Waals surface area contributed by atoms with E-state index in [1.165, 1.54) is 12.8 Å². The fourth-order valence-corrected chi connectivity index (χ4v) is 3.11. The molecule has 3 aliphatic rings. The molecule has 0 aromatic heterocycles. The second kappa shape index (κ2) is 2.01. The van der Waals surface area contributed by atoms with Gasteiger partial charge in [-0.15, -0.1) is 0 Å². The Morgan fingerprint density at radius 1 is 1.18 bits per heavy atom. The second-order valence-corrected chi connectivity index (χ2v) is 5.16. The van der Waals surface area contributed by atoms with Crippen LogP contribution in [0.3, 0.4) is 0 Å². The summed E-state index contributed by atoms with van der Waals surface area (Å²) in [4.78, 5) is 0. The normalized spacial score (nSPS) is 47.7. The first kappa shape index (κ1) is 7.60. The summed E-state index contributed by atoms with van der Waals surface area (Å²) in [6.45, 7) is 4.61. The average Bonchev–Trinajstić information content (AvgIpc) is 1.84. The number of hydrogen-bond acceptors (Lipinski definition) is 1. The zero-order valence-electron chi connectivity index (χ0n) is 7.56. The lowest BCUT2D eigenvalue weighted by Gasteiger charge is -2.52. The Bertz CT molecular complexity index is 161. The molecule has 2 bridgehead atoms. The van der Waals surface area contributed by atoms with Gasteiger partial charge in [0.1, 0.15) is 0 Å². The van der Waals surface area contributed by atoms with E-state index in [-0.39, 0.29) is 5.60 Å². The molecule has 11 heavy (non-hydrogen) atoms. The molecule has 0 heterocycles. The largest absolute Gasteiger partial charge is 0.390 e. The highest BCUT2D eigenvalue weighted by molar-refractivity contribution is 5.00. The van der Waals surface area contributed by atoms with Gasteiger partial charge < -0.3 is 5.11 Å². The highest BCUT2D eigenvalue weighted by Gasteiger charge is 2.48. The molecule has 0 spiro atoms. The van der Waals surface area contributed by atoms with Gasteiger partial charge in [0, 0.05) is 0 Å². The maximum absolute atomic E-state index is 10.1. The topological polar surface area (TPSA) is 20.2 Å². The summed E-state index contributed by atoms with van der Waals surface area (Å²) in [6, 6.07) is 0. The molecule has 3 rings (SSSR count). The predicted molar refractivity (Wildman–Crippen MR) is 45.3 cm³/mol. The summed E-state index contributed by atoms with van der Waals surface area (Å²) in [5, 5.41) is 10.1. The van der Waals surface area contributed by atoms with Crippen LogP contribution in [0.15, 0.2) is 0 Å². The minimum atomic E-state index is -0.280. The molecule has 1 nitrogen and oxygen atoms in total. The van der Waals surface area contributed by atoms with Gasteiger partial charge in [0.05, 0.1) is 5.60 Å². The average molecular weight is 154 g/mol. The van der Waals surface area contributed by atoms with Crippen LogP contribution in [0, 0.1) is 11.3 Å². The fourth-order valence-electron chi connectivity index (χ4n) is 3.11. The molecular weight excluding hydrogens is 136 g/mol. The first-order chi connectivity index (χ1) is 5.02. The minimum Gasteiger partial charge on any atom is -0.390 e. The van der Waals surface area contributed by atoms with Crippen molar-refractivity contribution in [2.24, 2.45) is 11.3 Å². The number of fused-ring (bicyclic) bond motifs is 3. The van der Waals surface area contributed by atoms with Gasteiger partial charge in [-0.25, -0.2) is 0 Å². The molecule has 3 fully saturated rings. The molecule has 0 aromatic carbocycles. The maximum Gasteiger partial charge on any atom is 0.0653 e. The Hall–Kier alpha value is -0.0400. The summed E-state index contributed by atoms with van der Waals surface area (Å²) < 4.78 is 0. The van der Waals surface area contributed by atoms with Crippen LogP contribution in [0.25, 0.3) is 0 Å². The van der Waals surface area contributed by atoms with Gasteiger partial charge in [0.25, 0.3) is 0 Å². The van der Waals surface area contributed by atoms with Gasteiger partial charge in [-0.2, -0.15) is 0 Å². The van der Waals surface area contributed by atoms with E-state index in [1.807, 2.05) is 0 Å². The lowest BCUT2D eigenvalue weighted by molar-refractivity contribution is -0.113. The molecule has 1 N–H and O–H groups in total. The molecule has 3 saturated carbocycles. The molecule has 0 saturated heterocycles. The third-order valence-corrected chi connectivity index (χ3v) is 3.81. The molecule has 1 heteroatoms. The Morgan fingerprint density at radius 3 is 2.00 bits per heavy atom. The van der Waals surface area contributed by atoms with Crippen molar-refractivity contribution in [3.05, 3.63) is 0 Å². The summed E-state index contributed by atoms with van der Waals surface area (Å²) in [7, 11) is 0. The SMILES string of the molecule is CC1(C)CC2(O)CCC1CC2. The molecule has 0 radical (unpaired) electrons. The van der Waals surface area contributed by atoms with Crippen molar-refractivity contribution >= 4 is 0 Å². The highest BCUT2D eigenvalue weighted by atomic mass is 16.3. The Balaban J connectivity index is 2.22. The number of aliphatic hydroxyl groups is 1. The summed E-state index contributed by atoms with van der Waals surface area (Å²) >= 11 is 0. The molecule has 3 aliphatic carbocycles. The van der Waals surface area contributed by atoms with E-state index in [0.717, 1.165) is 25.2 Å². The van der Waals surface area contributed by atoms with E-state index in [2.05, 4.69) is 13.8 Å². The van der Waals surface area contributed by atoms with E-state index in [0.29, 0.717) is 5.41 Å². The smallest absolute Gasteiger partial charge is 0.0653 e. The monoisotopic (exact) mass is 154 g/mol. The first-order valence-corrected chi connectivity index (χ1v) is 4.74. The minimum absolute atomic E-state index is 0.280. The Labute approximate surface area is 68.8 Å². The van der Waals surface area contributed by atoms with Crippen LogP contribution < -0.4 is 0 Å². The summed E-state index contributed by atoms with van der Waals surface area (Å²) in [5.41, 5.74) is 0.128. The van der Waals surface area contributed by atoms with Gasteiger partial charge in [-0.1, -0.05) is 13.8 Å². The quantitative estimate of drug-likeness (QED) is 0.568. The standard InChI is InChI=1S/C10H18O/c1-9(2)7-10(11)5-3-8(9)4-6-10/h8,11H,3-7H2,1-2H3. The van der Waals surface area contributed by atoms with E-state index >= 15 is 0 Å².